The van der Waals surface area contributed by atoms with E-state index in [4.69, 9.17) is 0 Å². The second kappa shape index (κ2) is 37.0. The number of benzene rings is 1. The molecule has 1 rings (SSSR count). The maximum absolute atomic E-state index is 3.97. The van der Waals surface area contributed by atoms with E-state index in [1.165, 1.54) is 224 Å². The second-order valence-corrected chi connectivity index (χ2v) is 15.1. The number of unbranched alkanes of at least 4 members (excludes halogenated alkanes) is 30. The maximum atomic E-state index is 3.97. The lowest BCUT2D eigenvalue weighted by molar-refractivity contribution is 0.413. The van der Waals surface area contributed by atoms with Gasteiger partial charge in [0, 0.05) is 6.04 Å². The first-order valence-electron chi connectivity index (χ1n) is 21.6. The quantitative estimate of drug-likeness (QED) is 0.0710. The molecule has 0 spiro atoms. The summed E-state index contributed by atoms with van der Waals surface area (Å²) in [5.41, 5.74) is 1.47. The van der Waals surface area contributed by atoms with Crippen LogP contribution in [0.15, 0.2) is 30.3 Å². The summed E-state index contributed by atoms with van der Waals surface area (Å²) in [5.74, 6) is 0. The summed E-state index contributed by atoms with van der Waals surface area (Å²) in [6.45, 7) is 5.75. The van der Waals surface area contributed by atoms with Gasteiger partial charge in [0.05, 0.1) is 0 Å². The molecule has 0 amide bonds. The molecule has 1 heteroatoms. The fourth-order valence-electron chi connectivity index (χ4n) is 7.29. The van der Waals surface area contributed by atoms with Crippen molar-refractivity contribution in [2.24, 2.45) is 0 Å². The highest BCUT2D eigenvalue weighted by Crippen LogP contribution is 2.18. The van der Waals surface area contributed by atoms with Gasteiger partial charge in [0.2, 0.25) is 0 Å². The van der Waals surface area contributed by atoms with Crippen LogP contribution < -0.4 is 5.32 Å². The van der Waals surface area contributed by atoms with Gasteiger partial charge in [-0.1, -0.05) is 250 Å². The molecular formula is C45H85N. The van der Waals surface area contributed by atoms with Crippen molar-refractivity contribution in [1.29, 1.82) is 0 Å². The fraction of sp³-hybridized carbons (Fsp3) is 0.867. The summed E-state index contributed by atoms with van der Waals surface area (Å²) >= 11 is 0. The van der Waals surface area contributed by atoms with Gasteiger partial charge in [-0.05, 0) is 31.4 Å². The van der Waals surface area contributed by atoms with Gasteiger partial charge in [0.1, 0.15) is 0 Å². The van der Waals surface area contributed by atoms with E-state index in [9.17, 15) is 0 Å². The number of hydrogen-bond acceptors (Lipinski definition) is 1. The first-order chi connectivity index (χ1) is 22.9. The van der Waals surface area contributed by atoms with Crippen LogP contribution in [0.25, 0.3) is 0 Å². The van der Waals surface area contributed by atoms with E-state index >= 15 is 0 Å². The van der Waals surface area contributed by atoms with Crippen molar-refractivity contribution in [2.45, 2.75) is 245 Å². The topological polar surface area (TPSA) is 12.0 Å². The van der Waals surface area contributed by atoms with E-state index in [2.05, 4.69) is 49.5 Å². The highest BCUT2D eigenvalue weighted by atomic mass is 14.9. The Bertz CT molecular complexity index is 633. The molecule has 0 atom stereocenters. The minimum Gasteiger partial charge on any atom is -0.314 e. The van der Waals surface area contributed by atoms with E-state index in [-0.39, 0.29) is 0 Å². The van der Waals surface area contributed by atoms with Gasteiger partial charge in [-0.3, -0.25) is 0 Å². The van der Waals surface area contributed by atoms with Crippen LogP contribution in [0.1, 0.15) is 238 Å². The minimum absolute atomic E-state index is 0.724. The zero-order valence-corrected chi connectivity index (χ0v) is 31.9. The molecule has 270 valence electrons. The molecule has 0 fully saturated rings. The van der Waals surface area contributed by atoms with Crippen molar-refractivity contribution in [3.05, 3.63) is 35.9 Å². The van der Waals surface area contributed by atoms with Crippen molar-refractivity contribution >= 4 is 0 Å². The lowest BCUT2D eigenvalue weighted by Gasteiger charge is -2.19. The van der Waals surface area contributed by atoms with Gasteiger partial charge in [0.15, 0.2) is 0 Å². The lowest BCUT2D eigenvalue weighted by Crippen LogP contribution is -2.31. The van der Waals surface area contributed by atoms with Crippen LogP contribution in [-0.2, 0) is 6.42 Å². The first-order valence-corrected chi connectivity index (χ1v) is 21.6. The van der Waals surface area contributed by atoms with Crippen LogP contribution in [-0.4, -0.2) is 12.6 Å². The van der Waals surface area contributed by atoms with Gasteiger partial charge >= 0.3 is 0 Å². The molecule has 0 aliphatic rings. The molecule has 1 N–H and O–H groups in total. The first kappa shape index (κ1) is 43.2. The summed E-state index contributed by atoms with van der Waals surface area (Å²) in [4.78, 5) is 0. The van der Waals surface area contributed by atoms with Gasteiger partial charge in [-0.15, -0.1) is 0 Å². The van der Waals surface area contributed by atoms with E-state index < -0.39 is 0 Å². The molecule has 0 radical (unpaired) electrons. The Kier molecular flexibility index (Phi) is 34.8. The summed E-state index contributed by atoms with van der Waals surface area (Å²) in [5, 5.41) is 3.97. The molecule has 1 aromatic rings. The zero-order valence-electron chi connectivity index (χ0n) is 31.9. The van der Waals surface area contributed by atoms with Crippen molar-refractivity contribution in [3.63, 3.8) is 0 Å². The molecule has 0 heterocycles. The Balaban J connectivity index is 2.02. The highest BCUT2D eigenvalue weighted by molar-refractivity contribution is 5.14. The van der Waals surface area contributed by atoms with Crippen molar-refractivity contribution < 1.29 is 0 Å². The summed E-state index contributed by atoms with van der Waals surface area (Å²) in [6.07, 6.45) is 50.5. The van der Waals surface area contributed by atoms with Gasteiger partial charge < -0.3 is 5.32 Å². The predicted octanol–water partition coefficient (Wildman–Crippen LogP) is 15.5. The van der Waals surface area contributed by atoms with Crippen LogP contribution in [0.5, 0.6) is 0 Å². The average molecular weight is 640 g/mol. The summed E-state index contributed by atoms with van der Waals surface area (Å²) in [7, 11) is 0. The Labute approximate surface area is 291 Å². The van der Waals surface area contributed by atoms with Crippen LogP contribution in [0.3, 0.4) is 0 Å². The average Bonchev–Trinajstić information content (AvgIpc) is 3.08. The second-order valence-electron chi connectivity index (χ2n) is 15.1. The number of rotatable bonds is 38. The van der Waals surface area contributed by atoms with Crippen LogP contribution in [0, 0.1) is 0 Å². The van der Waals surface area contributed by atoms with E-state index in [1.807, 2.05) is 0 Å². The largest absolute Gasteiger partial charge is 0.314 e. The van der Waals surface area contributed by atoms with Crippen LogP contribution >= 0.6 is 0 Å². The van der Waals surface area contributed by atoms with Gasteiger partial charge in [0.25, 0.3) is 0 Å². The molecule has 0 saturated heterocycles. The maximum Gasteiger partial charge on any atom is 0.00671 e. The Morgan fingerprint density at radius 3 is 0.957 bits per heavy atom. The molecule has 1 nitrogen and oxygen atoms in total. The highest BCUT2D eigenvalue weighted by Gasteiger charge is 2.08. The third kappa shape index (κ3) is 31.8. The predicted molar refractivity (Wildman–Crippen MR) is 210 cm³/mol. The van der Waals surface area contributed by atoms with Crippen LogP contribution in [0.2, 0.25) is 0 Å². The third-order valence-corrected chi connectivity index (χ3v) is 10.5. The SMILES string of the molecule is CCCCCCCCCCCCCCCCCCC(CCCCCCCCCCCCCCCCCC)NCCc1ccccc1. The monoisotopic (exact) mass is 640 g/mol. The molecule has 0 saturated carbocycles. The molecule has 0 bridgehead atoms. The molecule has 0 aliphatic carbocycles. The zero-order chi connectivity index (χ0) is 32.9. The normalized spacial score (nSPS) is 11.6. The summed E-state index contributed by atoms with van der Waals surface area (Å²) in [6, 6.07) is 11.8. The van der Waals surface area contributed by atoms with E-state index in [0.717, 1.165) is 19.0 Å². The summed E-state index contributed by atoms with van der Waals surface area (Å²) < 4.78 is 0. The van der Waals surface area contributed by atoms with Crippen molar-refractivity contribution in [3.8, 4) is 0 Å². The lowest BCUT2D eigenvalue weighted by atomic mass is 9.99. The molecular weight excluding hydrogens is 555 g/mol. The fourth-order valence-corrected chi connectivity index (χ4v) is 7.29. The molecule has 0 aliphatic heterocycles. The minimum atomic E-state index is 0.724. The number of nitrogens with one attached hydrogen (secondary N) is 1. The van der Waals surface area contributed by atoms with E-state index in [0.29, 0.717) is 0 Å². The van der Waals surface area contributed by atoms with Crippen molar-refractivity contribution in [1.82, 2.24) is 5.32 Å². The third-order valence-electron chi connectivity index (χ3n) is 10.5. The molecule has 0 aromatic heterocycles. The molecule has 46 heavy (non-hydrogen) atoms. The Morgan fingerprint density at radius 2 is 0.652 bits per heavy atom. The van der Waals surface area contributed by atoms with Crippen LogP contribution in [0.4, 0.5) is 0 Å². The van der Waals surface area contributed by atoms with Gasteiger partial charge in [-0.2, -0.15) is 0 Å². The van der Waals surface area contributed by atoms with Gasteiger partial charge in [-0.25, -0.2) is 0 Å². The molecule has 1 aromatic carbocycles. The van der Waals surface area contributed by atoms with E-state index in [1.54, 1.807) is 0 Å². The molecule has 0 unspecified atom stereocenters. The van der Waals surface area contributed by atoms with Crippen molar-refractivity contribution in [2.75, 3.05) is 6.54 Å². The Hall–Kier alpha value is -0.820. The standard InChI is InChI=1S/C45H85N/c1-3-5-7-9-11-13-15-17-19-21-23-25-27-29-31-36-40-45(46-43-42-44-38-34-33-35-39-44)41-37-32-30-28-26-24-22-20-18-16-14-12-10-8-6-4-2/h33-35,38-39,45-46H,3-32,36-37,40-43H2,1-2H3. The smallest absolute Gasteiger partial charge is 0.00671 e. The number of hydrogen-bond donors (Lipinski definition) is 1. The Morgan fingerprint density at radius 1 is 0.370 bits per heavy atom.